The molecule has 0 aliphatic heterocycles. The Morgan fingerprint density at radius 3 is 2.86 bits per heavy atom. The topological polar surface area (TPSA) is 71.2 Å². The monoisotopic (exact) mass is 340 g/mol. The molecule has 1 aromatic carbocycles. The van der Waals surface area contributed by atoms with Gasteiger partial charge >= 0.3 is 0 Å². The highest BCUT2D eigenvalue weighted by Gasteiger charge is 2.33. The summed E-state index contributed by atoms with van der Waals surface area (Å²) in [7, 11) is 1.97. The normalized spacial score (nSPS) is 15.6. The number of benzene rings is 1. The molecule has 3 rings (SSSR count). The van der Waals surface area contributed by atoms with E-state index in [9.17, 15) is 4.79 Å². The lowest BCUT2D eigenvalue weighted by atomic mass is 10.1. The van der Waals surface area contributed by atoms with Gasteiger partial charge in [-0.3, -0.25) is 9.69 Å². The van der Waals surface area contributed by atoms with Gasteiger partial charge in [-0.1, -0.05) is 23.5 Å². The summed E-state index contributed by atoms with van der Waals surface area (Å²) in [6, 6.07) is 8.19. The Morgan fingerprint density at radius 1 is 1.50 bits per heavy atom. The number of fused-ring (bicyclic) bond motifs is 1. The van der Waals surface area contributed by atoms with Crippen LogP contribution in [0.2, 0.25) is 0 Å². The fourth-order valence-corrected chi connectivity index (χ4v) is 3.52. The fraction of sp³-hybridized carbons (Fsp3) is 0.467. The van der Waals surface area contributed by atoms with E-state index in [-0.39, 0.29) is 18.3 Å². The number of carbonyl (C=O) groups excluding carboxylic acids is 1. The first-order valence-electron chi connectivity index (χ1n) is 7.23. The zero-order chi connectivity index (χ0) is 14.8. The number of nitrogens with one attached hydrogen (secondary N) is 1. The van der Waals surface area contributed by atoms with E-state index in [2.05, 4.69) is 15.2 Å². The van der Waals surface area contributed by atoms with Crippen LogP contribution in [-0.2, 0) is 4.79 Å². The second-order valence-corrected chi connectivity index (χ2v) is 6.62. The molecule has 1 unspecified atom stereocenters. The lowest BCUT2D eigenvalue weighted by Crippen LogP contribution is -2.43. The van der Waals surface area contributed by atoms with Crippen molar-refractivity contribution in [1.29, 1.82) is 0 Å². The Kier molecular flexibility index (Phi) is 5.74. The van der Waals surface area contributed by atoms with Crippen molar-refractivity contribution in [2.75, 3.05) is 25.5 Å². The smallest absolute Gasteiger partial charge is 0.240 e. The summed E-state index contributed by atoms with van der Waals surface area (Å²) in [5.74, 6) is 0.630. The van der Waals surface area contributed by atoms with Gasteiger partial charge in [0.05, 0.1) is 16.8 Å². The van der Waals surface area contributed by atoms with Crippen molar-refractivity contribution in [2.24, 2.45) is 11.7 Å². The summed E-state index contributed by atoms with van der Waals surface area (Å²) in [6.45, 7) is 0.962. The molecule has 0 spiro atoms. The molecule has 0 bridgehead atoms. The van der Waals surface area contributed by atoms with Crippen LogP contribution >= 0.6 is 23.7 Å². The Bertz CT molecular complexity index is 610. The van der Waals surface area contributed by atoms with Gasteiger partial charge in [-0.15, -0.1) is 12.4 Å². The highest BCUT2D eigenvalue weighted by molar-refractivity contribution is 7.22. The molecule has 1 amide bonds. The summed E-state index contributed by atoms with van der Waals surface area (Å²) in [5, 5.41) is 3.54. The van der Waals surface area contributed by atoms with Crippen LogP contribution in [0.15, 0.2) is 24.3 Å². The van der Waals surface area contributed by atoms with Gasteiger partial charge in [0.2, 0.25) is 5.91 Å². The van der Waals surface area contributed by atoms with E-state index in [4.69, 9.17) is 5.73 Å². The minimum absolute atomic E-state index is 0. The molecule has 1 atom stereocenters. The van der Waals surface area contributed by atoms with Crippen LogP contribution in [0.25, 0.3) is 10.2 Å². The maximum Gasteiger partial charge on any atom is 0.240 e. The molecule has 22 heavy (non-hydrogen) atoms. The van der Waals surface area contributed by atoms with E-state index >= 15 is 0 Å². The maximum absolute atomic E-state index is 12.1. The molecule has 3 N–H and O–H groups in total. The molecule has 1 aliphatic rings. The molecule has 1 aliphatic carbocycles. The number of hydrogen-bond acceptors (Lipinski definition) is 5. The molecule has 0 radical (unpaired) electrons. The van der Waals surface area contributed by atoms with E-state index in [0.29, 0.717) is 30.2 Å². The Morgan fingerprint density at radius 2 is 2.23 bits per heavy atom. The maximum atomic E-state index is 12.1. The summed E-state index contributed by atoms with van der Waals surface area (Å²) in [4.78, 5) is 18.6. The van der Waals surface area contributed by atoms with Crippen molar-refractivity contribution in [2.45, 2.75) is 18.9 Å². The van der Waals surface area contributed by atoms with Crippen molar-refractivity contribution < 1.29 is 4.79 Å². The summed E-state index contributed by atoms with van der Waals surface area (Å²) < 4.78 is 1.08. The number of amides is 1. The van der Waals surface area contributed by atoms with Crippen LogP contribution in [0, 0.1) is 5.92 Å². The van der Waals surface area contributed by atoms with Crippen molar-refractivity contribution in [3.8, 4) is 0 Å². The number of carbonyl (C=O) groups is 1. The molecule has 7 heteroatoms. The van der Waals surface area contributed by atoms with Crippen LogP contribution < -0.4 is 11.1 Å². The zero-order valence-corrected chi connectivity index (χ0v) is 14.1. The fourth-order valence-electron chi connectivity index (χ4n) is 2.64. The summed E-state index contributed by atoms with van der Waals surface area (Å²) in [6.07, 6.45) is 2.46. The highest BCUT2D eigenvalue weighted by atomic mass is 35.5. The average molecular weight is 341 g/mol. The van der Waals surface area contributed by atoms with Crippen molar-refractivity contribution in [3.05, 3.63) is 24.3 Å². The second-order valence-electron chi connectivity index (χ2n) is 5.59. The number of para-hydroxylation sites is 1. The number of likely N-dealkylation sites (N-methyl/N-ethyl adjacent to an activating group) is 1. The first kappa shape index (κ1) is 17.1. The number of rotatable bonds is 6. The SMILES string of the molecule is CN(CC(=O)Nc1nc2ccccc2s1)C(CN)C1CC1.Cl. The van der Waals surface area contributed by atoms with Gasteiger partial charge in [0.15, 0.2) is 5.13 Å². The van der Waals surface area contributed by atoms with Gasteiger partial charge in [-0.25, -0.2) is 4.98 Å². The second kappa shape index (κ2) is 7.37. The van der Waals surface area contributed by atoms with Crippen LogP contribution in [0.1, 0.15) is 12.8 Å². The zero-order valence-electron chi connectivity index (χ0n) is 12.5. The lowest BCUT2D eigenvalue weighted by Gasteiger charge is -2.25. The Labute approximate surface area is 140 Å². The predicted molar refractivity (Wildman–Crippen MR) is 93.7 cm³/mol. The molecule has 1 saturated carbocycles. The first-order chi connectivity index (χ1) is 10.2. The van der Waals surface area contributed by atoms with Crippen molar-refractivity contribution >= 4 is 45.0 Å². The number of aromatic nitrogens is 1. The van der Waals surface area contributed by atoms with Gasteiger partial charge in [0, 0.05) is 12.6 Å². The molecule has 120 valence electrons. The van der Waals surface area contributed by atoms with Gasteiger partial charge in [0.1, 0.15) is 0 Å². The van der Waals surface area contributed by atoms with Crippen molar-refractivity contribution in [1.82, 2.24) is 9.88 Å². The Balaban J connectivity index is 0.00000176. The van der Waals surface area contributed by atoms with Crippen LogP contribution in [-0.4, -0.2) is 42.0 Å². The highest BCUT2D eigenvalue weighted by Crippen LogP contribution is 2.34. The third-order valence-electron chi connectivity index (χ3n) is 3.91. The Hall–Kier alpha value is -1.21. The number of nitrogens with two attached hydrogens (primary N) is 1. The van der Waals surface area contributed by atoms with Gasteiger partial charge in [0.25, 0.3) is 0 Å². The van der Waals surface area contributed by atoms with E-state index in [1.54, 1.807) is 0 Å². The quantitative estimate of drug-likeness (QED) is 0.846. The first-order valence-corrected chi connectivity index (χ1v) is 8.04. The van der Waals surface area contributed by atoms with Crippen molar-refractivity contribution in [3.63, 3.8) is 0 Å². The van der Waals surface area contributed by atoms with E-state index in [1.165, 1.54) is 24.2 Å². The number of anilines is 1. The van der Waals surface area contributed by atoms with E-state index in [1.807, 2.05) is 31.3 Å². The van der Waals surface area contributed by atoms with Crippen LogP contribution in [0.5, 0.6) is 0 Å². The molecule has 1 heterocycles. The summed E-state index contributed by atoms with van der Waals surface area (Å²) in [5.41, 5.74) is 6.73. The molecule has 1 fully saturated rings. The number of halogens is 1. The van der Waals surface area contributed by atoms with Crippen LogP contribution in [0.3, 0.4) is 0 Å². The third kappa shape index (κ3) is 3.95. The largest absolute Gasteiger partial charge is 0.329 e. The standard InChI is InChI=1S/C15H20N4OS.ClH/c1-19(12(8-16)10-6-7-10)9-14(20)18-15-17-11-4-2-3-5-13(11)21-15;/h2-5,10,12H,6-9,16H2,1H3,(H,17,18,20);1H. The molecule has 1 aromatic heterocycles. The van der Waals surface area contributed by atoms with Gasteiger partial charge < -0.3 is 11.1 Å². The van der Waals surface area contributed by atoms with Crippen LogP contribution in [0.4, 0.5) is 5.13 Å². The third-order valence-corrected chi connectivity index (χ3v) is 4.86. The van der Waals surface area contributed by atoms with Gasteiger partial charge in [-0.05, 0) is 37.9 Å². The lowest BCUT2D eigenvalue weighted by molar-refractivity contribution is -0.117. The predicted octanol–water partition coefficient (Wildman–Crippen LogP) is 2.33. The minimum Gasteiger partial charge on any atom is -0.329 e. The molecule has 0 saturated heterocycles. The molecule has 5 nitrogen and oxygen atoms in total. The molecule has 2 aromatic rings. The minimum atomic E-state index is -0.0318. The average Bonchev–Trinajstić information content (AvgIpc) is 3.18. The number of hydrogen-bond donors (Lipinski definition) is 2. The van der Waals surface area contributed by atoms with E-state index in [0.717, 1.165) is 10.2 Å². The molecular weight excluding hydrogens is 320 g/mol. The summed E-state index contributed by atoms with van der Waals surface area (Å²) >= 11 is 1.50. The number of thiazole rings is 1. The van der Waals surface area contributed by atoms with Gasteiger partial charge in [-0.2, -0.15) is 0 Å². The molecular formula is C15H21ClN4OS. The van der Waals surface area contributed by atoms with E-state index < -0.39 is 0 Å². The number of nitrogens with zero attached hydrogens (tertiary/aromatic N) is 2.